The van der Waals surface area contributed by atoms with Gasteiger partial charge in [0.1, 0.15) is 0 Å². The van der Waals surface area contributed by atoms with Gasteiger partial charge in [-0.05, 0) is 52.5 Å². The van der Waals surface area contributed by atoms with Crippen LogP contribution in [-0.2, 0) is 0 Å². The molecule has 0 atom stereocenters. The molecule has 0 radical (unpaired) electrons. The van der Waals surface area contributed by atoms with E-state index >= 15 is 0 Å². The van der Waals surface area contributed by atoms with E-state index in [4.69, 9.17) is 28.8 Å². The molecular formula is C45H27N3S2. The zero-order valence-corrected chi connectivity index (χ0v) is 26.3. The summed E-state index contributed by atoms with van der Waals surface area (Å²) in [6.07, 6.45) is 0. The van der Waals surface area contributed by atoms with Crippen molar-refractivity contribution < 1.29 is 37.0 Å². The van der Waals surface area contributed by atoms with E-state index in [1.165, 1.54) is 0 Å². The summed E-state index contributed by atoms with van der Waals surface area (Å²) in [7, 11) is 0. The van der Waals surface area contributed by atoms with Gasteiger partial charge in [-0.15, -0.1) is 22.7 Å². The number of nitrogens with zero attached hydrogens (tertiary/aromatic N) is 3. The summed E-state index contributed by atoms with van der Waals surface area (Å²) in [5.41, 5.74) is -4.23. The number of hydrogen-bond donors (Lipinski definition) is 0. The van der Waals surface area contributed by atoms with Gasteiger partial charge in [-0.3, -0.25) is 0 Å². The molecule has 0 saturated heterocycles. The van der Waals surface area contributed by atoms with Gasteiger partial charge < -0.3 is 0 Å². The van der Waals surface area contributed by atoms with Crippen LogP contribution in [0.3, 0.4) is 0 Å². The number of fused-ring (bicyclic) bond motifs is 6. The van der Waals surface area contributed by atoms with Crippen molar-refractivity contribution in [2.45, 2.75) is 0 Å². The van der Waals surface area contributed by atoms with E-state index in [1.807, 2.05) is 0 Å². The van der Waals surface area contributed by atoms with Gasteiger partial charge in [0.15, 0.2) is 17.5 Å². The first-order valence-corrected chi connectivity index (χ1v) is 16.0. The minimum Gasteiger partial charge on any atom is -0.208 e. The van der Waals surface area contributed by atoms with Crippen LogP contribution < -0.4 is 0 Å². The summed E-state index contributed by atoms with van der Waals surface area (Å²) in [6.45, 7) is 0. The van der Waals surface area contributed by atoms with E-state index in [0.717, 1.165) is 0 Å². The molecule has 0 N–H and O–H groups in total. The second-order valence-corrected chi connectivity index (χ2v) is 12.4. The highest BCUT2D eigenvalue weighted by molar-refractivity contribution is 7.26. The van der Waals surface area contributed by atoms with Gasteiger partial charge >= 0.3 is 0 Å². The fourth-order valence-corrected chi connectivity index (χ4v) is 7.39. The highest BCUT2D eigenvalue weighted by Crippen LogP contribution is 2.46. The van der Waals surface area contributed by atoms with Gasteiger partial charge in [0.2, 0.25) is 0 Å². The third kappa shape index (κ3) is 4.90. The SMILES string of the molecule is [2H]c1c([2H])c([2H])c(-c2nc(-c3c([2H])c([2H])c([2H])c([2H])c3[2H])nc(-c3c([2H])c([2H])c4c(sc5c([2H])c([2H])c([2H])c(-c6c([2H])c(-c7c([2H])c([2H])c([2H])c([2H])c7[2H])c7c(sc8c([2H])c([2H])c([2H])c([2H])c87)c6[2H])c54)c3[2H])n2)c([2H])c1[2H]. The van der Waals surface area contributed by atoms with Crippen molar-refractivity contribution in [2.24, 2.45) is 0 Å². The first-order valence-electron chi connectivity index (χ1n) is 27.9. The maximum absolute atomic E-state index is 9.93. The van der Waals surface area contributed by atoms with Gasteiger partial charge in [0, 0.05) is 57.0 Å². The van der Waals surface area contributed by atoms with Gasteiger partial charge in [-0.1, -0.05) is 133 Å². The number of benzene rings is 7. The lowest BCUT2D eigenvalue weighted by Gasteiger charge is -2.11. The minimum absolute atomic E-state index is 0.147. The molecule has 0 spiro atoms. The molecule has 0 aliphatic rings. The van der Waals surface area contributed by atoms with Crippen molar-refractivity contribution in [2.75, 3.05) is 0 Å². The molecule has 0 fully saturated rings. The van der Waals surface area contributed by atoms with Crippen LogP contribution in [0.5, 0.6) is 0 Å². The maximum atomic E-state index is 9.93. The molecule has 7 aromatic carbocycles. The monoisotopic (exact) mass is 700 g/mol. The lowest BCUT2D eigenvalue weighted by atomic mass is 9.93. The standard InChI is InChI=1S/C45H27N3S2/c1-4-13-28(14-5-1)36-25-32(27-40-42(36)34-19-10-11-21-37(34)49-40)33-20-12-22-38-41(33)35-24-23-31(26-39(35)50-38)45-47-43(29-15-6-2-7-16-29)46-44(48-45)30-17-8-3-9-18-30/h1-27H/i1D,2D,3D,4D,5D,6D,7D,8D,9D,10D,11D,12D,13D,14D,15D,16D,17D,18D,19D,20D,21D,22D,23D,24D,25D,26D,27D. The predicted octanol–water partition coefficient (Wildman–Crippen LogP) is 12.9. The van der Waals surface area contributed by atoms with Crippen molar-refractivity contribution in [1.29, 1.82) is 0 Å². The van der Waals surface area contributed by atoms with Crippen LogP contribution in [0.4, 0.5) is 0 Å². The van der Waals surface area contributed by atoms with Crippen molar-refractivity contribution in [1.82, 2.24) is 15.0 Å². The Morgan fingerprint density at radius 1 is 0.340 bits per heavy atom. The Morgan fingerprint density at radius 3 is 1.56 bits per heavy atom. The minimum atomic E-state index is -0.897. The molecule has 234 valence electrons. The van der Waals surface area contributed by atoms with Gasteiger partial charge in [0.05, 0.1) is 37.0 Å². The smallest absolute Gasteiger partial charge is 0.164 e. The van der Waals surface area contributed by atoms with Crippen LogP contribution in [-0.4, -0.2) is 15.0 Å². The van der Waals surface area contributed by atoms with Crippen LogP contribution in [0.25, 0.3) is 96.8 Å². The molecule has 0 aliphatic carbocycles. The predicted molar refractivity (Wildman–Crippen MR) is 213 cm³/mol. The number of rotatable bonds is 5. The van der Waals surface area contributed by atoms with Gasteiger partial charge in [-0.2, -0.15) is 0 Å². The van der Waals surface area contributed by atoms with E-state index in [0.29, 0.717) is 22.7 Å². The Hall–Kier alpha value is -6.01. The lowest BCUT2D eigenvalue weighted by molar-refractivity contribution is 1.07. The average Bonchev–Trinajstić information content (AvgIpc) is 4.26. The first kappa shape index (κ1) is 12.7. The van der Waals surface area contributed by atoms with Crippen LogP contribution in [0.1, 0.15) is 37.0 Å². The molecular weight excluding hydrogens is 647 g/mol. The molecule has 0 unspecified atom stereocenters. The second-order valence-electron chi connectivity index (χ2n) is 10.3. The Labute approximate surface area is 334 Å². The third-order valence-corrected chi connectivity index (χ3v) is 9.49. The summed E-state index contributed by atoms with van der Waals surface area (Å²) < 4.78 is 238. The third-order valence-electron chi connectivity index (χ3n) is 7.45. The second kappa shape index (κ2) is 11.8. The van der Waals surface area contributed by atoms with Crippen molar-refractivity contribution in [3.05, 3.63) is 163 Å². The summed E-state index contributed by atoms with van der Waals surface area (Å²) >= 11 is 1.22. The number of hydrogen-bond acceptors (Lipinski definition) is 5. The first-order chi connectivity index (χ1) is 36.0. The molecule has 50 heavy (non-hydrogen) atoms. The fourth-order valence-electron chi connectivity index (χ4n) is 5.35. The molecule has 0 amide bonds. The van der Waals surface area contributed by atoms with E-state index < -0.39 is 220 Å². The molecule has 3 heterocycles. The van der Waals surface area contributed by atoms with Gasteiger partial charge in [-0.25, -0.2) is 15.0 Å². The molecule has 3 nitrogen and oxygen atoms in total. The lowest BCUT2D eigenvalue weighted by Crippen LogP contribution is -1.99. The molecule has 0 aliphatic heterocycles. The Kier molecular flexibility index (Phi) is 3.01. The molecule has 5 heteroatoms. The number of aromatic nitrogens is 3. The highest BCUT2D eigenvalue weighted by Gasteiger charge is 2.18. The van der Waals surface area contributed by atoms with Crippen LogP contribution in [0.15, 0.2) is 163 Å². The van der Waals surface area contributed by atoms with Crippen molar-refractivity contribution >= 4 is 63.0 Å². The highest BCUT2D eigenvalue weighted by atomic mass is 32.1. The molecule has 0 bridgehead atoms. The van der Waals surface area contributed by atoms with Gasteiger partial charge in [0.25, 0.3) is 0 Å². The Balaban J connectivity index is 1.37. The average molecular weight is 701 g/mol. The van der Waals surface area contributed by atoms with Crippen LogP contribution >= 0.6 is 22.7 Å². The number of thiophene rings is 2. The zero-order chi connectivity index (χ0) is 56.5. The Morgan fingerprint density at radius 2 is 0.860 bits per heavy atom. The molecule has 10 aromatic rings. The maximum Gasteiger partial charge on any atom is 0.164 e. The topological polar surface area (TPSA) is 38.7 Å². The zero-order valence-electron chi connectivity index (χ0n) is 51.7. The fraction of sp³-hybridized carbons (Fsp3) is 0. The van der Waals surface area contributed by atoms with Crippen molar-refractivity contribution in [3.63, 3.8) is 0 Å². The summed E-state index contributed by atoms with van der Waals surface area (Å²) in [5.74, 6) is -2.22. The van der Waals surface area contributed by atoms with Crippen LogP contribution in [0, 0.1) is 0 Å². The summed E-state index contributed by atoms with van der Waals surface area (Å²) in [6, 6.07) is -21.5. The van der Waals surface area contributed by atoms with E-state index in [2.05, 4.69) is 15.0 Å². The van der Waals surface area contributed by atoms with E-state index in [9.17, 15) is 8.22 Å². The van der Waals surface area contributed by atoms with E-state index in [1.54, 1.807) is 0 Å². The molecule has 0 saturated carbocycles. The molecule has 10 rings (SSSR count). The summed E-state index contributed by atoms with van der Waals surface area (Å²) in [4.78, 5) is 12.9. The van der Waals surface area contributed by atoms with Crippen molar-refractivity contribution in [3.8, 4) is 56.4 Å². The Bertz CT molecular complexity index is 4260. The van der Waals surface area contributed by atoms with Crippen LogP contribution in [0.2, 0.25) is 0 Å². The van der Waals surface area contributed by atoms with E-state index in [-0.39, 0.29) is 40.3 Å². The normalized spacial score (nSPS) is 19.2. The summed E-state index contributed by atoms with van der Waals surface area (Å²) in [5, 5.41) is -1.23. The molecule has 3 aromatic heterocycles. The quantitative estimate of drug-likeness (QED) is 0.179. The largest absolute Gasteiger partial charge is 0.208 e.